The third-order valence-electron chi connectivity index (χ3n) is 4.85. The predicted molar refractivity (Wildman–Crippen MR) is 108 cm³/mol. The second-order valence-corrected chi connectivity index (χ2v) is 8.10. The Labute approximate surface area is 167 Å². The molecular formula is C21H33N3O4. The second-order valence-electron chi connectivity index (χ2n) is 8.10. The van der Waals surface area contributed by atoms with E-state index in [0.29, 0.717) is 38.8 Å². The first-order chi connectivity index (χ1) is 13.5. The molecule has 2 heterocycles. The minimum atomic E-state index is 0.0182. The van der Waals surface area contributed by atoms with Gasteiger partial charge in [-0.15, -0.1) is 0 Å². The van der Waals surface area contributed by atoms with Crippen molar-refractivity contribution in [2.75, 3.05) is 59.6 Å². The summed E-state index contributed by atoms with van der Waals surface area (Å²) in [6, 6.07) is 5.93. The largest absolute Gasteiger partial charge is 0.486 e. The fraction of sp³-hybridized carbons (Fsp3) is 0.667. The van der Waals surface area contributed by atoms with Crippen LogP contribution < -0.4 is 14.8 Å². The highest BCUT2D eigenvalue weighted by atomic mass is 16.6. The standard InChI is InChI=1S/C21H33N3O4/c1-16(2)12-24-6-7-26-18(14-24)11-22-21(25)15-23(3)13-17-4-5-19-20(10-17)28-9-8-27-19/h4-5,10,16,18H,6-9,11-15H2,1-3H3,(H,22,25). The Morgan fingerprint density at radius 3 is 2.82 bits per heavy atom. The van der Waals surface area contributed by atoms with Gasteiger partial charge in [-0.25, -0.2) is 0 Å². The van der Waals surface area contributed by atoms with Crippen LogP contribution in [0.2, 0.25) is 0 Å². The number of hydrogen-bond acceptors (Lipinski definition) is 6. The van der Waals surface area contributed by atoms with E-state index in [1.807, 2.05) is 30.1 Å². The number of amides is 1. The number of morpholine rings is 1. The molecule has 156 valence electrons. The van der Waals surface area contributed by atoms with E-state index in [9.17, 15) is 4.79 Å². The Kier molecular flexibility index (Phi) is 7.53. The van der Waals surface area contributed by atoms with Crippen LogP contribution in [0.4, 0.5) is 0 Å². The molecule has 1 atom stereocenters. The fourth-order valence-corrected chi connectivity index (χ4v) is 3.67. The highest BCUT2D eigenvalue weighted by Crippen LogP contribution is 2.30. The molecule has 7 heteroatoms. The summed E-state index contributed by atoms with van der Waals surface area (Å²) in [5, 5.41) is 3.02. The summed E-state index contributed by atoms with van der Waals surface area (Å²) in [5.74, 6) is 2.23. The molecule has 0 radical (unpaired) electrons. The monoisotopic (exact) mass is 391 g/mol. The quantitative estimate of drug-likeness (QED) is 0.722. The number of nitrogens with zero attached hydrogens (tertiary/aromatic N) is 2. The minimum Gasteiger partial charge on any atom is -0.486 e. The van der Waals surface area contributed by atoms with Gasteiger partial charge in [-0.1, -0.05) is 19.9 Å². The zero-order chi connectivity index (χ0) is 19.9. The summed E-state index contributed by atoms with van der Waals surface area (Å²) in [5.41, 5.74) is 1.10. The van der Waals surface area contributed by atoms with Crippen molar-refractivity contribution in [3.63, 3.8) is 0 Å². The first kappa shape index (κ1) is 20.9. The average Bonchev–Trinajstić information content (AvgIpc) is 2.66. The zero-order valence-electron chi connectivity index (χ0n) is 17.3. The van der Waals surface area contributed by atoms with E-state index >= 15 is 0 Å². The van der Waals surface area contributed by atoms with Crippen LogP contribution in [-0.2, 0) is 16.1 Å². The molecule has 1 N–H and O–H groups in total. The van der Waals surface area contributed by atoms with Gasteiger partial charge in [-0.05, 0) is 30.7 Å². The van der Waals surface area contributed by atoms with E-state index in [-0.39, 0.29) is 12.0 Å². The van der Waals surface area contributed by atoms with Gasteiger partial charge in [0.25, 0.3) is 0 Å². The molecule has 0 aromatic heterocycles. The summed E-state index contributed by atoms with van der Waals surface area (Å²) in [4.78, 5) is 16.7. The molecule has 2 aliphatic heterocycles. The van der Waals surface area contributed by atoms with Crippen molar-refractivity contribution >= 4 is 5.91 Å². The third kappa shape index (κ3) is 6.36. The van der Waals surface area contributed by atoms with Crippen LogP contribution in [0.25, 0.3) is 0 Å². The van der Waals surface area contributed by atoms with Crippen LogP contribution in [0.1, 0.15) is 19.4 Å². The number of rotatable bonds is 8. The highest BCUT2D eigenvalue weighted by molar-refractivity contribution is 5.78. The van der Waals surface area contributed by atoms with E-state index < -0.39 is 0 Å². The van der Waals surface area contributed by atoms with Crippen LogP contribution in [0, 0.1) is 5.92 Å². The number of carbonyl (C=O) groups is 1. The first-order valence-electron chi connectivity index (χ1n) is 10.2. The molecule has 1 amide bonds. The summed E-state index contributed by atoms with van der Waals surface area (Å²) < 4.78 is 17.0. The maximum absolute atomic E-state index is 12.3. The molecule has 1 saturated heterocycles. The lowest BCUT2D eigenvalue weighted by molar-refractivity contribution is -0.123. The molecule has 0 bridgehead atoms. The fourth-order valence-electron chi connectivity index (χ4n) is 3.67. The topological polar surface area (TPSA) is 63.3 Å². The van der Waals surface area contributed by atoms with E-state index in [4.69, 9.17) is 14.2 Å². The van der Waals surface area contributed by atoms with E-state index in [2.05, 4.69) is 24.1 Å². The maximum atomic E-state index is 12.3. The molecule has 1 aromatic rings. The molecule has 1 unspecified atom stereocenters. The summed E-state index contributed by atoms with van der Waals surface area (Å²) in [6.07, 6.45) is 0.0690. The van der Waals surface area contributed by atoms with Crippen molar-refractivity contribution in [2.24, 2.45) is 5.92 Å². The van der Waals surface area contributed by atoms with Gasteiger partial charge in [0.1, 0.15) is 13.2 Å². The lowest BCUT2D eigenvalue weighted by atomic mass is 10.1. The van der Waals surface area contributed by atoms with Crippen molar-refractivity contribution in [3.8, 4) is 11.5 Å². The second kappa shape index (κ2) is 10.1. The Morgan fingerprint density at radius 1 is 1.25 bits per heavy atom. The van der Waals surface area contributed by atoms with Gasteiger partial charge in [-0.3, -0.25) is 14.6 Å². The van der Waals surface area contributed by atoms with Crippen LogP contribution in [0.15, 0.2) is 18.2 Å². The normalized spacial score (nSPS) is 19.8. The smallest absolute Gasteiger partial charge is 0.234 e. The first-order valence-corrected chi connectivity index (χ1v) is 10.2. The summed E-state index contributed by atoms with van der Waals surface area (Å²) in [6.45, 7) is 10.9. The molecule has 7 nitrogen and oxygen atoms in total. The van der Waals surface area contributed by atoms with Crippen molar-refractivity contribution in [2.45, 2.75) is 26.5 Å². The number of hydrogen-bond donors (Lipinski definition) is 1. The molecule has 0 aliphatic carbocycles. The van der Waals surface area contributed by atoms with Crippen LogP contribution >= 0.6 is 0 Å². The van der Waals surface area contributed by atoms with E-state index in [1.54, 1.807) is 0 Å². The summed E-state index contributed by atoms with van der Waals surface area (Å²) in [7, 11) is 1.94. The maximum Gasteiger partial charge on any atom is 0.234 e. The Morgan fingerprint density at radius 2 is 2.04 bits per heavy atom. The van der Waals surface area contributed by atoms with E-state index in [1.165, 1.54) is 0 Å². The number of ether oxygens (including phenoxy) is 3. The van der Waals surface area contributed by atoms with Gasteiger partial charge in [0, 0.05) is 32.7 Å². The lowest BCUT2D eigenvalue weighted by Gasteiger charge is -2.34. The van der Waals surface area contributed by atoms with Crippen molar-refractivity contribution in [3.05, 3.63) is 23.8 Å². The zero-order valence-corrected chi connectivity index (χ0v) is 17.3. The number of benzene rings is 1. The van der Waals surface area contributed by atoms with Crippen molar-refractivity contribution < 1.29 is 19.0 Å². The number of fused-ring (bicyclic) bond motifs is 1. The molecule has 28 heavy (non-hydrogen) atoms. The SMILES string of the molecule is CC(C)CN1CCOC(CNC(=O)CN(C)Cc2ccc3c(c2)OCCO3)C1. The molecular weight excluding hydrogens is 358 g/mol. The average molecular weight is 392 g/mol. The number of nitrogens with one attached hydrogen (secondary N) is 1. The van der Waals surface area contributed by atoms with Gasteiger partial charge in [0.15, 0.2) is 11.5 Å². The van der Waals surface area contributed by atoms with Gasteiger partial charge in [0.05, 0.1) is 19.3 Å². The van der Waals surface area contributed by atoms with Crippen molar-refractivity contribution in [1.82, 2.24) is 15.1 Å². The lowest BCUT2D eigenvalue weighted by Crippen LogP contribution is -2.49. The van der Waals surface area contributed by atoms with Crippen LogP contribution in [-0.4, -0.2) is 81.4 Å². The predicted octanol–water partition coefficient (Wildman–Crippen LogP) is 1.36. The molecule has 2 aliphatic rings. The molecule has 0 saturated carbocycles. The van der Waals surface area contributed by atoms with Crippen LogP contribution in [0.5, 0.6) is 11.5 Å². The van der Waals surface area contributed by atoms with Gasteiger partial charge >= 0.3 is 0 Å². The summed E-state index contributed by atoms with van der Waals surface area (Å²) >= 11 is 0. The van der Waals surface area contributed by atoms with E-state index in [0.717, 1.165) is 43.3 Å². The van der Waals surface area contributed by atoms with Gasteiger partial charge in [-0.2, -0.15) is 0 Å². The molecule has 0 spiro atoms. The number of carbonyl (C=O) groups excluding carboxylic acids is 1. The highest BCUT2D eigenvalue weighted by Gasteiger charge is 2.21. The van der Waals surface area contributed by atoms with Gasteiger partial charge < -0.3 is 19.5 Å². The van der Waals surface area contributed by atoms with Crippen LogP contribution in [0.3, 0.4) is 0 Å². The molecule has 3 rings (SSSR count). The third-order valence-corrected chi connectivity index (χ3v) is 4.85. The molecule has 1 fully saturated rings. The minimum absolute atomic E-state index is 0.0182. The molecule has 1 aromatic carbocycles. The Hall–Kier alpha value is -1.83. The van der Waals surface area contributed by atoms with Gasteiger partial charge in [0.2, 0.25) is 5.91 Å². The van der Waals surface area contributed by atoms with Crippen molar-refractivity contribution in [1.29, 1.82) is 0 Å². The Balaban J connectivity index is 1.39. The Bertz CT molecular complexity index is 653. The number of likely N-dealkylation sites (N-methyl/N-ethyl adjacent to an activating group) is 1.